The van der Waals surface area contributed by atoms with E-state index in [2.05, 4.69) is 20.3 Å². The first-order valence-corrected chi connectivity index (χ1v) is 8.95. The van der Waals surface area contributed by atoms with Gasteiger partial charge in [0.15, 0.2) is 0 Å². The molecule has 1 fully saturated rings. The van der Waals surface area contributed by atoms with E-state index in [1.54, 1.807) is 0 Å². The van der Waals surface area contributed by atoms with Gasteiger partial charge in [0.2, 0.25) is 10.1 Å². The third-order valence-corrected chi connectivity index (χ3v) is 4.92. The van der Waals surface area contributed by atoms with Crippen LogP contribution in [0, 0.1) is 0 Å². The molecule has 1 N–H and O–H groups in total. The van der Waals surface area contributed by atoms with Gasteiger partial charge in [-0.05, 0) is 33.4 Å². The molecule has 1 amide bonds. The van der Waals surface area contributed by atoms with Crippen LogP contribution in [0.4, 0.5) is 5.13 Å². The lowest BCUT2D eigenvalue weighted by atomic mass is 10.1. The minimum atomic E-state index is -0.415. The van der Waals surface area contributed by atoms with Gasteiger partial charge >= 0.3 is 0 Å². The molecule has 0 aliphatic carbocycles. The van der Waals surface area contributed by atoms with E-state index in [0.717, 1.165) is 37.6 Å². The summed E-state index contributed by atoms with van der Waals surface area (Å²) < 4.78 is 1.49. The topological polar surface area (TPSA) is 82.8 Å². The lowest BCUT2D eigenvalue weighted by molar-refractivity contribution is 0.0943. The molecule has 1 saturated heterocycles. The Labute approximate surface area is 144 Å². The Morgan fingerprint density at radius 1 is 1.33 bits per heavy atom. The number of likely N-dealkylation sites (N-methyl/N-ethyl adjacent to an activating group) is 1. The number of hydrogen-bond donors (Lipinski definition) is 1. The van der Waals surface area contributed by atoms with E-state index in [1.807, 2.05) is 19.0 Å². The van der Waals surface area contributed by atoms with Crippen LogP contribution in [0.1, 0.15) is 29.8 Å². The van der Waals surface area contributed by atoms with Crippen molar-refractivity contribution in [2.24, 2.45) is 0 Å². The van der Waals surface area contributed by atoms with Crippen molar-refractivity contribution in [1.29, 1.82) is 0 Å². The molecule has 0 bridgehead atoms. The molecule has 0 atom stereocenters. The van der Waals surface area contributed by atoms with Gasteiger partial charge in [-0.15, -0.1) is 5.10 Å². The smallest absolute Gasteiger partial charge is 0.274 e. The summed E-state index contributed by atoms with van der Waals surface area (Å²) in [5, 5.41) is 8.17. The maximum atomic E-state index is 12.4. The number of rotatable bonds is 5. The molecule has 0 aromatic carbocycles. The van der Waals surface area contributed by atoms with Crippen LogP contribution in [0.5, 0.6) is 0 Å². The summed E-state index contributed by atoms with van der Waals surface area (Å²) in [5.74, 6) is -0.304. The first kappa shape index (κ1) is 16.8. The summed E-state index contributed by atoms with van der Waals surface area (Å²) in [4.78, 5) is 32.9. The lowest BCUT2D eigenvalue weighted by Gasteiger charge is -2.25. The molecular weight excluding hydrogens is 328 g/mol. The molecule has 8 nitrogen and oxygen atoms in total. The number of carbonyl (C=O) groups is 1. The quantitative estimate of drug-likeness (QED) is 0.842. The maximum Gasteiger partial charge on any atom is 0.274 e. The van der Waals surface area contributed by atoms with Crippen molar-refractivity contribution in [3.05, 3.63) is 22.1 Å². The minimum absolute atomic E-state index is 0.239. The predicted molar refractivity (Wildman–Crippen MR) is 94.1 cm³/mol. The van der Waals surface area contributed by atoms with E-state index in [1.165, 1.54) is 28.3 Å². The van der Waals surface area contributed by atoms with Crippen molar-refractivity contribution in [3.63, 3.8) is 0 Å². The molecule has 24 heavy (non-hydrogen) atoms. The second-order valence-corrected chi connectivity index (χ2v) is 7.10. The number of fused-ring (bicyclic) bond motifs is 1. The van der Waals surface area contributed by atoms with Crippen LogP contribution in [-0.2, 0) is 0 Å². The Morgan fingerprint density at radius 3 is 2.79 bits per heavy atom. The molecule has 9 heteroatoms. The van der Waals surface area contributed by atoms with Crippen LogP contribution in [0.2, 0.25) is 0 Å². The Balaban J connectivity index is 1.88. The second kappa shape index (κ2) is 7.27. The molecular formula is C15H22N6O2S. The highest BCUT2D eigenvalue weighted by Crippen LogP contribution is 2.25. The van der Waals surface area contributed by atoms with Crippen molar-refractivity contribution in [3.8, 4) is 0 Å². The van der Waals surface area contributed by atoms with E-state index >= 15 is 0 Å². The summed E-state index contributed by atoms with van der Waals surface area (Å²) in [7, 11) is 3.87. The number of hydrogen-bond acceptors (Lipinski definition) is 7. The second-order valence-electron chi connectivity index (χ2n) is 6.17. The monoisotopic (exact) mass is 350 g/mol. The molecule has 130 valence electrons. The maximum absolute atomic E-state index is 12.4. The zero-order valence-corrected chi connectivity index (χ0v) is 14.8. The van der Waals surface area contributed by atoms with Crippen LogP contribution in [0.15, 0.2) is 10.9 Å². The van der Waals surface area contributed by atoms with Crippen LogP contribution < -0.4 is 15.8 Å². The number of carbonyl (C=O) groups excluding carboxylic acids is 1. The van der Waals surface area contributed by atoms with Gasteiger partial charge < -0.3 is 15.1 Å². The highest BCUT2D eigenvalue weighted by molar-refractivity contribution is 7.20. The summed E-state index contributed by atoms with van der Waals surface area (Å²) in [6, 6.07) is 1.25. The summed E-state index contributed by atoms with van der Waals surface area (Å²) >= 11 is 1.36. The van der Waals surface area contributed by atoms with Gasteiger partial charge in [-0.3, -0.25) is 9.59 Å². The summed E-state index contributed by atoms with van der Waals surface area (Å²) in [6.45, 7) is 3.14. The molecule has 3 rings (SSSR count). The van der Waals surface area contributed by atoms with Crippen molar-refractivity contribution < 1.29 is 4.79 Å². The Bertz CT molecular complexity index is 778. The average Bonchev–Trinajstić information content (AvgIpc) is 2.98. The largest absolute Gasteiger partial charge is 0.349 e. The number of amides is 1. The van der Waals surface area contributed by atoms with Crippen LogP contribution in [-0.4, -0.2) is 65.7 Å². The molecule has 1 aliphatic heterocycles. The van der Waals surface area contributed by atoms with Gasteiger partial charge in [0.25, 0.3) is 11.5 Å². The van der Waals surface area contributed by atoms with Crippen LogP contribution in [0.25, 0.3) is 4.96 Å². The van der Waals surface area contributed by atoms with E-state index in [-0.39, 0.29) is 11.6 Å². The highest BCUT2D eigenvalue weighted by Gasteiger charge is 2.19. The molecule has 0 spiro atoms. The summed E-state index contributed by atoms with van der Waals surface area (Å²) in [5.41, 5.74) is -0.176. The normalized spacial score (nSPS) is 15.2. The zero-order chi connectivity index (χ0) is 17.1. The molecule has 0 saturated carbocycles. The minimum Gasteiger partial charge on any atom is -0.349 e. The average molecular weight is 350 g/mol. The Hall–Kier alpha value is -2.00. The first-order valence-electron chi connectivity index (χ1n) is 8.13. The van der Waals surface area contributed by atoms with Gasteiger partial charge in [0.1, 0.15) is 5.69 Å². The fourth-order valence-electron chi connectivity index (χ4n) is 2.66. The number of nitrogens with zero attached hydrogens (tertiary/aromatic N) is 5. The molecule has 3 heterocycles. The molecule has 1 aliphatic rings. The van der Waals surface area contributed by atoms with Crippen molar-refractivity contribution in [2.75, 3.05) is 45.2 Å². The third kappa shape index (κ3) is 3.73. The summed E-state index contributed by atoms with van der Waals surface area (Å²) in [6.07, 6.45) is 3.51. The molecule has 2 aromatic heterocycles. The van der Waals surface area contributed by atoms with Gasteiger partial charge in [-0.1, -0.05) is 11.3 Å². The van der Waals surface area contributed by atoms with Gasteiger partial charge in [0, 0.05) is 32.2 Å². The molecule has 2 aromatic rings. The highest BCUT2D eigenvalue weighted by atomic mass is 32.1. The number of piperidine rings is 1. The standard InChI is InChI=1S/C15H22N6O2S/c1-19(2)9-6-16-13(23)11-10-12(22)17-14-21(11)18-15(24-14)20-7-4-3-5-8-20/h10H,3-9H2,1-2H3,(H,16,23). The van der Waals surface area contributed by atoms with E-state index in [9.17, 15) is 9.59 Å². The van der Waals surface area contributed by atoms with Crippen LogP contribution in [0.3, 0.4) is 0 Å². The number of anilines is 1. The van der Waals surface area contributed by atoms with Crippen molar-refractivity contribution in [2.45, 2.75) is 19.3 Å². The molecule has 0 unspecified atom stereocenters. The van der Waals surface area contributed by atoms with Gasteiger partial charge in [0.05, 0.1) is 0 Å². The van der Waals surface area contributed by atoms with E-state index in [0.29, 0.717) is 11.5 Å². The van der Waals surface area contributed by atoms with E-state index in [4.69, 9.17) is 0 Å². The Morgan fingerprint density at radius 2 is 2.08 bits per heavy atom. The SMILES string of the molecule is CN(C)CCNC(=O)c1cc(=O)nc2sc(N3CCCCC3)nn12. The zero-order valence-electron chi connectivity index (χ0n) is 14.0. The Kier molecular flexibility index (Phi) is 5.10. The van der Waals surface area contributed by atoms with Gasteiger partial charge in [-0.2, -0.15) is 9.50 Å². The fraction of sp³-hybridized carbons (Fsp3) is 0.600. The number of aromatic nitrogens is 3. The van der Waals surface area contributed by atoms with Crippen molar-refractivity contribution >= 4 is 27.3 Å². The molecule has 0 radical (unpaired) electrons. The van der Waals surface area contributed by atoms with E-state index < -0.39 is 5.56 Å². The lowest BCUT2D eigenvalue weighted by Crippen LogP contribution is -2.33. The third-order valence-electron chi connectivity index (χ3n) is 3.95. The first-order chi connectivity index (χ1) is 11.5. The van der Waals surface area contributed by atoms with Gasteiger partial charge in [-0.25, -0.2) is 0 Å². The predicted octanol–water partition coefficient (Wildman–Crippen LogP) is 0.433. The van der Waals surface area contributed by atoms with Crippen LogP contribution >= 0.6 is 11.3 Å². The fourth-order valence-corrected chi connectivity index (χ4v) is 3.62. The van der Waals surface area contributed by atoms with Crippen molar-refractivity contribution in [1.82, 2.24) is 24.8 Å². The number of nitrogens with one attached hydrogen (secondary N) is 1.